The molecule has 0 saturated carbocycles. The monoisotopic (exact) mass is 307 g/mol. The minimum Gasteiger partial charge on any atom is -0.376 e. The fourth-order valence-electron chi connectivity index (χ4n) is 2.25. The lowest BCUT2D eigenvalue weighted by atomic mass is 9.97. The number of benzene rings is 2. The van der Waals surface area contributed by atoms with Crippen LogP contribution < -0.4 is 5.32 Å². The van der Waals surface area contributed by atoms with E-state index in [2.05, 4.69) is 43.4 Å². The Bertz CT molecular complexity index is 532. The highest BCUT2D eigenvalue weighted by Crippen LogP contribution is 2.34. The molecule has 0 radical (unpaired) electrons. The number of anilines is 1. The predicted octanol–water partition coefficient (Wildman–Crippen LogP) is 6.19. The summed E-state index contributed by atoms with van der Waals surface area (Å²) in [5, 5.41) is 4.81. The molecule has 1 unspecified atom stereocenters. The molecule has 0 amide bonds. The summed E-state index contributed by atoms with van der Waals surface area (Å²) < 4.78 is 0. The van der Waals surface area contributed by atoms with Gasteiger partial charge in [0.25, 0.3) is 0 Å². The zero-order valence-corrected chi connectivity index (χ0v) is 13.2. The van der Waals surface area contributed by atoms with Gasteiger partial charge in [-0.25, -0.2) is 0 Å². The lowest BCUT2D eigenvalue weighted by Crippen LogP contribution is -2.13. The second kappa shape index (κ2) is 7.01. The third-order valence-electron chi connectivity index (χ3n) is 3.19. The summed E-state index contributed by atoms with van der Waals surface area (Å²) in [5.74, 6) is 0.578. The Morgan fingerprint density at radius 1 is 0.900 bits per heavy atom. The molecule has 2 aromatic rings. The summed E-state index contributed by atoms with van der Waals surface area (Å²) in [4.78, 5) is 0. The van der Waals surface area contributed by atoms with E-state index >= 15 is 0 Å². The average Bonchev–Trinajstić information content (AvgIpc) is 2.42. The topological polar surface area (TPSA) is 12.0 Å². The average molecular weight is 308 g/mol. The van der Waals surface area contributed by atoms with Gasteiger partial charge < -0.3 is 5.32 Å². The van der Waals surface area contributed by atoms with Crippen LogP contribution in [-0.4, -0.2) is 0 Å². The normalized spacial score (nSPS) is 12.4. The van der Waals surface area contributed by atoms with E-state index in [1.54, 1.807) is 0 Å². The van der Waals surface area contributed by atoms with Crippen LogP contribution in [0, 0.1) is 5.92 Å². The number of halogens is 2. The van der Waals surface area contributed by atoms with E-state index in [-0.39, 0.29) is 6.04 Å². The van der Waals surface area contributed by atoms with Gasteiger partial charge in [-0.3, -0.25) is 0 Å². The quantitative estimate of drug-likeness (QED) is 0.694. The second-order valence-electron chi connectivity index (χ2n) is 5.33. The molecule has 0 spiro atoms. The van der Waals surface area contributed by atoms with Crippen LogP contribution in [0.15, 0.2) is 48.5 Å². The van der Waals surface area contributed by atoms with Gasteiger partial charge in [0.05, 0.1) is 21.8 Å². The molecule has 2 rings (SSSR count). The van der Waals surface area contributed by atoms with E-state index in [0.717, 1.165) is 12.1 Å². The standard InChI is InChI=1S/C17H19Cl2N/c1-12(2)11-16(13-7-4-3-5-8-13)20-17-14(18)9-6-10-15(17)19/h3-10,12,16,20H,11H2,1-2H3. The van der Waals surface area contributed by atoms with Crippen LogP contribution in [0.5, 0.6) is 0 Å². The first-order valence-electron chi connectivity index (χ1n) is 6.83. The van der Waals surface area contributed by atoms with E-state index in [1.165, 1.54) is 5.56 Å². The summed E-state index contributed by atoms with van der Waals surface area (Å²) in [5.41, 5.74) is 2.06. The lowest BCUT2D eigenvalue weighted by Gasteiger charge is -2.23. The second-order valence-corrected chi connectivity index (χ2v) is 6.15. The first-order valence-corrected chi connectivity index (χ1v) is 7.59. The molecule has 0 aromatic heterocycles. The van der Waals surface area contributed by atoms with Crippen molar-refractivity contribution in [2.45, 2.75) is 26.3 Å². The minimum atomic E-state index is 0.202. The van der Waals surface area contributed by atoms with E-state index in [0.29, 0.717) is 16.0 Å². The van der Waals surface area contributed by atoms with Gasteiger partial charge in [0.15, 0.2) is 0 Å². The molecule has 106 valence electrons. The molecule has 0 heterocycles. The minimum absolute atomic E-state index is 0.202. The van der Waals surface area contributed by atoms with Crippen molar-refractivity contribution in [3.05, 3.63) is 64.1 Å². The first-order chi connectivity index (χ1) is 9.58. The molecule has 20 heavy (non-hydrogen) atoms. The van der Waals surface area contributed by atoms with Crippen LogP contribution in [-0.2, 0) is 0 Å². The van der Waals surface area contributed by atoms with Crippen LogP contribution in [0.4, 0.5) is 5.69 Å². The van der Waals surface area contributed by atoms with Crippen molar-refractivity contribution in [1.29, 1.82) is 0 Å². The van der Waals surface area contributed by atoms with Crippen LogP contribution in [0.3, 0.4) is 0 Å². The van der Waals surface area contributed by atoms with Gasteiger partial charge in [-0.1, -0.05) is 73.4 Å². The van der Waals surface area contributed by atoms with Gasteiger partial charge in [-0.15, -0.1) is 0 Å². The fourth-order valence-corrected chi connectivity index (χ4v) is 2.75. The van der Waals surface area contributed by atoms with E-state index < -0.39 is 0 Å². The van der Waals surface area contributed by atoms with Gasteiger partial charge in [0.1, 0.15) is 0 Å². The van der Waals surface area contributed by atoms with Crippen molar-refractivity contribution < 1.29 is 0 Å². The van der Waals surface area contributed by atoms with Crippen molar-refractivity contribution in [3.8, 4) is 0 Å². The lowest BCUT2D eigenvalue weighted by molar-refractivity contribution is 0.531. The highest BCUT2D eigenvalue weighted by atomic mass is 35.5. The maximum Gasteiger partial charge on any atom is 0.0723 e. The first kappa shape index (κ1) is 15.2. The van der Waals surface area contributed by atoms with Crippen LogP contribution in [0.1, 0.15) is 31.9 Å². The highest BCUT2D eigenvalue weighted by molar-refractivity contribution is 6.39. The largest absolute Gasteiger partial charge is 0.376 e. The molecule has 0 saturated heterocycles. The molecular formula is C17H19Cl2N. The van der Waals surface area contributed by atoms with Crippen molar-refractivity contribution in [1.82, 2.24) is 0 Å². The summed E-state index contributed by atoms with van der Waals surface area (Å²) in [6.07, 6.45) is 1.02. The molecule has 1 nitrogen and oxygen atoms in total. The summed E-state index contributed by atoms with van der Waals surface area (Å²) in [6.45, 7) is 4.43. The van der Waals surface area contributed by atoms with Crippen molar-refractivity contribution in [2.24, 2.45) is 5.92 Å². The Hall–Kier alpha value is -1.18. The highest BCUT2D eigenvalue weighted by Gasteiger charge is 2.16. The van der Waals surface area contributed by atoms with Gasteiger partial charge in [-0.2, -0.15) is 0 Å². The van der Waals surface area contributed by atoms with E-state index in [9.17, 15) is 0 Å². The Labute approximate surface area is 130 Å². The third kappa shape index (κ3) is 3.91. The summed E-state index contributed by atoms with van der Waals surface area (Å²) in [6, 6.07) is 16.2. The molecule has 0 aliphatic rings. The zero-order chi connectivity index (χ0) is 14.5. The predicted molar refractivity (Wildman–Crippen MR) is 88.7 cm³/mol. The molecule has 0 bridgehead atoms. The zero-order valence-electron chi connectivity index (χ0n) is 11.7. The Balaban J connectivity index is 2.29. The molecule has 1 atom stereocenters. The molecule has 0 aliphatic heterocycles. The summed E-state index contributed by atoms with van der Waals surface area (Å²) in [7, 11) is 0. The third-order valence-corrected chi connectivity index (χ3v) is 3.82. The maximum atomic E-state index is 6.25. The van der Waals surface area contributed by atoms with Crippen molar-refractivity contribution >= 4 is 28.9 Å². The molecule has 3 heteroatoms. The molecule has 1 N–H and O–H groups in total. The summed E-state index contributed by atoms with van der Waals surface area (Å²) >= 11 is 12.5. The Kier molecular flexibility index (Phi) is 5.33. The van der Waals surface area contributed by atoms with Gasteiger partial charge in [0, 0.05) is 0 Å². The number of para-hydroxylation sites is 1. The number of hydrogen-bond acceptors (Lipinski definition) is 1. The van der Waals surface area contributed by atoms with Crippen LogP contribution >= 0.6 is 23.2 Å². The number of nitrogens with one attached hydrogen (secondary N) is 1. The Morgan fingerprint density at radius 3 is 2.05 bits per heavy atom. The smallest absolute Gasteiger partial charge is 0.0723 e. The van der Waals surface area contributed by atoms with Crippen molar-refractivity contribution in [3.63, 3.8) is 0 Å². The van der Waals surface area contributed by atoms with Gasteiger partial charge in [0.2, 0.25) is 0 Å². The van der Waals surface area contributed by atoms with E-state index in [4.69, 9.17) is 23.2 Å². The van der Waals surface area contributed by atoms with Gasteiger partial charge >= 0.3 is 0 Å². The molecular weight excluding hydrogens is 289 g/mol. The Morgan fingerprint density at radius 2 is 1.50 bits per heavy atom. The SMILES string of the molecule is CC(C)CC(Nc1c(Cl)cccc1Cl)c1ccccc1. The van der Waals surface area contributed by atoms with Crippen molar-refractivity contribution in [2.75, 3.05) is 5.32 Å². The van der Waals surface area contributed by atoms with Crippen LogP contribution in [0.25, 0.3) is 0 Å². The van der Waals surface area contributed by atoms with Crippen LogP contribution in [0.2, 0.25) is 10.0 Å². The fraction of sp³-hybridized carbons (Fsp3) is 0.294. The molecule has 0 aliphatic carbocycles. The number of rotatable bonds is 5. The maximum absolute atomic E-state index is 6.25. The molecule has 0 fully saturated rings. The van der Waals surface area contributed by atoms with Gasteiger partial charge in [-0.05, 0) is 30.0 Å². The molecule has 2 aromatic carbocycles. The number of hydrogen-bond donors (Lipinski definition) is 1. The van der Waals surface area contributed by atoms with E-state index in [1.807, 2.05) is 24.3 Å².